The van der Waals surface area contributed by atoms with Gasteiger partial charge < -0.3 is 14.6 Å². The van der Waals surface area contributed by atoms with Gasteiger partial charge in [0.2, 0.25) is 0 Å². The SMILES string of the molecule is CNc1ccc(B2OC(C)(C)C(C)(C)O2)cn1.Cl. The summed E-state index contributed by atoms with van der Waals surface area (Å²) in [5.41, 5.74) is 0.334. The van der Waals surface area contributed by atoms with Crippen molar-refractivity contribution in [2.24, 2.45) is 0 Å². The molecule has 1 fully saturated rings. The van der Waals surface area contributed by atoms with Crippen LogP contribution in [-0.4, -0.2) is 30.4 Å². The van der Waals surface area contributed by atoms with Crippen LogP contribution in [0.4, 0.5) is 5.82 Å². The molecule has 0 radical (unpaired) electrons. The van der Waals surface area contributed by atoms with Crippen molar-refractivity contribution in [2.45, 2.75) is 38.9 Å². The summed E-state index contributed by atoms with van der Waals surface area (Å²) in [4.78, 5) is 4.27. The van der Waals surface area contributed by atoms with Crippen LogP contribution >= 0.6 is 12.4 Å². The minimum Gasteiger partial charge on any atom is -0.399 e. The molecule has 1 N–H and O–H groups in total. The van der Waals surface area contributed by atoms with Gasteiger partial charge in [0.05, 0.1) is 11.2 Å². The Balaban J connectivity index is 0.00000162. The third-order valence-corrected chi connectivity index (χ3v) is 3.57. The predicted molar refractivity (Wildman–Crippen MR) is 76.7 cm³/mol. The largest absolute Gasteiger partial charge is 0.496 e. The van der Waals surface area contributed by atoms with E-state index in [9.17, 15) is 0 Å². The van der Waals surface area contributed by atoms with Crippen molar-refractivity contribution in [3.05, 3.63) is 18.3 Å². The van der Waals surface area contributed by atoms with Crippen LogP contribution in [0.1, 0.15) is 27.7 Å². The van der Waals surface area contributed by atoms with Crippen molar-refractivity contribution in [2.75, 3.05) is 12.4 Å². The standard InChI is InChI=1S/C12H19BN2O2.ClH/c1-11(2)12(3,4)17-13(16-11)9-6-7-10(14-5)15-8-9;/h6-8H,1-5H3,(H,14,15);1H. The quantitative estimate of drug-likeness (QED) is 0.833. The number of aromatic nitrogens is 1. The van der Waals surface area contributed by atoms with Crippen molar-refractivity contribution < 1.29 is 9.31 Å². The normalized spacial score (nSPS) is 20.4. The minimum absolute atomic E-state index is 0. The molecular weight excluding hydrogens is 250 g/mol. The van der Waals surface area contributed by atoms with Gasteiger partial charge >= 0.3 is 7.12 Å². The molecule has 1 aliphatic rings. The number of nitrogens with one attached hydrogen (secondary N) is 1. The van der Waals surface area contributed by atoms with Crippen LogP contribution in [-0.2, 0) is 9.31 Å². The molecule has 100 valence electrons. The molecule has 2 rings (SSSR count). The zero-order valence-electron chi connectivity index (χ0n) is 11.5. The lowest BCUT2D eigenvalue weighted by Crippen LogP contribution is -2.41. The van der Waals surface area contributed by atoms with Crippen LogP contribution in [0.3, 0.4) is 0 Å². The lowest BCUT2D eigenvalue weighted by Gasteiger charge is -2.32. The van der Waals surface area contributed by atoms with Crippen molar-refractivity contribution in [3.8, 4) is 0 Å². The van der Waals surface area contributed by atoms with E-state index in [-0.39, 0.29) is 30.7 Å². The molecule has 1 saturated heterocycles. The van der Waals surface area contributed by atoms with Gasteiger partial charge in [-0.15, -0.1) is 12.4 Å². The maximum atomic E-state index is 5.94. The van der Waals surface area contributed by atoms with Gasteiger partial charge in [-0.1, -0.05) is 6.07 Å². The number of hydrogen-bond acceptors (Lipinski definition) is 4. The molecule has 0 amide bonds. The Morgan fingerprint density at radius 1 is 1.11 bits per heavy atom. The number of pyridine rings is 1. The monoisotopic (exact) mass is 270 g/mol. The summed E-state index contributed by atoms with van der Waals surface area (Å²) in [6, 6.07) is 3.89. The van der Waals surface area contributed by atoms with Gasteiger partial charge in [-0.3, -0.25) is 0 Å². The van der Waals surface area contributed by atoms with Gasteiger partial charge in [0.1, 0.15) is 5.82 Å². The number of rotatable bonds is 2. The van der Waals surface area contributed by atoms with E-state index in [1.54, 1.807) is 6.20 Å². The highest BCUT2D eigenvalue weighted by Gasteiger charge is 2.51. The van der Waals surface area contributed by atoms with Crippen LogP contribution < -0.4 is 10.8 Å². The molecule has 1 aliphatic heterocycles. The molecule has 0 unspecified atom stereocenters. The van der Waals surface area contributed by atoms with E-state index >= 15 is 0 Å². The van der Waals surface area contributed by atoms with Gasteiger partial charge in [-0.2, -0.15) is 0 Å². The molecular formula is C12H20BClN2O2. The summed E-state index contributed by atoms with van der Waals surface area (Å²) in [6.45, 7) is 8.18. The molecule has 0 atom stereocenters. The van der Waals surface area contributed by atoms with Gasteiger partial charge in [-0.25, -0.2) is 4.98 Å². The van der Waals surface area contributed by atoms with Crippen LogP contribution in [0.2, 0.25) is 0 Å². The maximum Gasteiger partial charge on any atom is 0.496 e. The van der Waals surface area contributed by atoms with Crippen molar-refractivity contribution in [1.29, 1.82) is 0 Å². The Morgan fingerprint density at radius 3 is 2.06 bits per heavy atom. The van der Waals surface area contributed by atoms with E-state index in [1.807, 2.05) is 46.9 Å². The fourth-order valence-corrected chi connectivity index (χ4v) is 1.67. The van der Waals surface area contributed by atoms with Crippen LogP contribution in [0.15, 0.2) is 18.3 Å². The minimum atomic E-state index is -0.335. The molecule has 0 saturated carbocycles. The van der Waals surface area contributed by atoms with Gasteiger partial charge in [0, 0.05) is 18.7 Å². The van der Waals surface area contributed by atoms with E-state index < -0.39 is 0 Å². The molecule has 6 heteroatoms. The first kappa shape index (κ1) is 15.3. The molecule has 18 heavy (non-hydrogen) atoms. The lowest BCUT2D eigenvalue weighted by atomic mass is 9.80. The average Bonchev–Trinajstić information content (AvgIpc) is 2.48. The summed E-state index contributed by atoms with van der Waals surface area (Å²) in [5.74, 6) is 0.838. The molecule has 0 spiro atoms. The molecule has 0 aliphatic carbocycles. The smallest absolute Gasteiger partial charge is 0.399 e. The molecule has 4 nitrogen and oxygen atoms in total. The fourth-order valence-electron chi connectivity index (χ4n) is 1.67. The summed E-state index contributed by atoms with van der Waals surface area (Å²) in [5, 5.41) is 2.98. The second-order valence-corrected chi connectivity index (χ2v) is 5.32. The number of hydrogen-bond donors (Lipinski definition) is 1. The summed E-state index contributed by atoms with van der Waals surface area (Å²) >= 11 is 0. The van der Waals surface area contributed by atoms with Crippen LogP contribution in [0, 0.1) is 0 Å². The first-order chi connectivity index (χ1) is 7.86. The first-order valence-corrected chi connectivity index (χ1v) is 5.85. The Morgan fingerprint density at radius 2 is 1.67 bits per heavy atom. The first-order valence-electron chi connectivity index (χ1n) is 5.85. The third-order valence-electron chi connectivity index (χ3n) is 3.57. The zero-order chi connectivity index (χ0) is 12.7. The third kappa shape index (κ3) is 2.63. The lowest BCUT2D eigenvalue weighted by molar-refractivity contribution is 0.00578. The molecule has 0 bridgehead atoms. The summed E-state index contributed by atoms with van der Waals surface area (Å²) < 4.78 is 11.9. The van der Waals surface area contributed by atoms with Crippen LogP contribution in [0.5, 0.6) is 0 Å². The Labute approximate surface area is 115 Å². The highest BCUT2D eigenvalue weighted by molar-refractivity contribution is 6.62. The van der Waals surface area contributed by atoms with Gasteiger partial charge in [0.25, 0.3) is 0 Å². The topological polar surface area (TPSA) is 43.4 Å². The predicted octanol–water partition coefficient (Wildman–Crippen LogP) is 1.84. The Hall–Kier alpha value is -0.775. The van der Waals surface area contributed by atoms with E-state index in [4.69, 9.17) is 9.31 Å². The van der Waals surface area contributed by atoms with Crippen molar-refractivity contribution in [3.63, 3.8) is 0 Å². The Kier molecular flexibility index (Phi) is 4.31. The highest BCUT2D eigenvalue weighted by atomic mass is 35.5. The fraction of sp³-hybridized carbons (Fsp3) is 0.583. The van der Waals surface area contributed by atoms with E-state index in [1.165, 1.54) is 0 Å². The van der Waals surface area contributed by atoms with Crippen molar-refractivity contribution >= 4 is 30.8 Å². The highest BCUT2D eigenvalue weighted by Crippen LogP contribution is 2.36. The number of halogens is 1. The number of nitrogens with zero attached hydrogens (tertiary/aromatic N) is 1. The van der Waals surface area contributed by atoms with Gasteiger partial charge in [-0.05, 0) is 33.8 Å². The second-order valence-electron chi connectivity index (χ2n) is 5.32. The van der Waals surface area contributed by atoms with Gasteiger partial charge in [0.15, 0.2) is 0 Å². The van der Waals surface area contributed by atoms with Crippen molar-refractivity contribution in [1.82, 2.24) is 4.98 Å². The summed E-state index contributed by atoms with van der Waals surface area (Å²) in [6.07, 6.45) is 1.79. The van der Waals surface area contributed by atoms with E-state index in [0.717, 1.165) is 11.3 Å². The summed E-state index contributed by atoms with van der Waals surface area (Å²) in [7, 11) is 1.51. The second kappa shape index (κ2) is 5.07. The average molecular weight is 271 g/mol. The Bertz CT molecular complexity index is 393. The molecule has 1 aromatic heterocycles. The molecule has 0 aromatic carbocycles. The number of anilines is 1. The zero-order valence-corrected chi connectivity index (χ0v) is 12.3. The van der Waals surface area contributed by atoms with E-state index in [0.29, 0.717) is 0 Å². The van der Waals surface area contributed by atoms with Crippen LogP contribution in [0.25, 0.3) is 0 Å². The van der Waals surface area contributed by atoms with E-state index in [2.05, 4.69) is 10.3 Å². The molecule has 2 heterocycles. The maximum absolute atomic E-state index is 5.94. The molecule has 1 aromatic rings.